The highest BCUT2D eigenvalue weighted by molar-refractivity contribution is 7.12. The molecule has 2 aromatic heterocycles. The van der Waals surface area contributed by atoms with Gasteiger partial charge in [-0.3, -0.25) is 4.79 Å². The number of aryl methyl sites for hydroxylation is 2. The van der Waals surface area contributed by atoms with E-state index in [0.29, 0.717) is 10.7 Å². The van der Waals surface area contributed by atoms with Gasteiger partial charge in [0.05, 0.1) is 23.6 Å². The van der Waals surface area contributed by atoms with Gasteiger partial charge >= 0.3 is 0 Å². The van der Waals surface area contributed by atoms with Gasteiger partial charge < -0.3 is 5.32 Å². The van der Waals surface area contributed by atoms with E-state index in [4.69, 9.17) is 28.2 Å². The molecule has 1 atom stereocenters. The number of aromatic nitrogens is 3. The Kier molecular flexibility index (Phi) is 5.13. The number of hydrogen-bond donors (Lipinski definition) is 1. The molecule has 0 radical (unpaired) electrons. The highest BCUT2D eigenvalue weighted by Gasteiger charge is 2.17. The van der Waals surface area contributed by atoms with E-state index in [1.54, 1.807) is 24.6 Å². The first kappa shape index (κ1) is 17.9. The molecule has 0 aliphatic carbocycles. The van der Waals surface area contributed by atoms with Crippen LogP contribution >= 0.6 is 34.5 Å². The van der Waals surface area contributed by atoms with Gasteiger partial charge in [-0.2, -0.15) is 5.10 Å². The van der Waals surface area contributed by atoms with Crippen LogP contribution in [-0.4, -0.2) is 14.8 Å². The molecule has 0 amide bonds. The van der Waals surface area contributed by atoms with Crippen molar-refractivity contribution in [3.8, 4) is 11.3 Å². The van der Waals surface area contributed by atoms with Crippen molar-refractivity contribution in [1.82, 2.24) is 14.8 Å². The van der Waals surface area contributed by atoms with Crippen molar-refractivity contribution in [2.24, 2.45) is 7.05 Å². The van der Waals surface area contributed by atoms with Crippen LogP contribution in [0.4, 0.5) is 5.69 Å². The number of benzene rings is 1. The summed E-state index contributed by atoms with van der Waals surface area (Å²) in [6.45, 7) is 4.00. The van der Waals surface area contributed by atoms with Crippen LogP contribution in [-0.2, 0) is 7.05 Å². The lowest BCUT2D eigenvalue weighted by atomic mass is 10.1. The predicted molar refractivity (Wildman–Crippen MR) is 104 cm³/mol. The van der Waals surface area contributed by atoms with E-state index in [1.165, 1.54) is 4.68 Å². The minimum atomic E-state index is -0.337. The average Bonchev–Trinajstić information content (AvgIpc) is 2.98. The molecule has 25 heavy (non-hydrogen) atoms. The van der Waals surface area contributed by atoms with E-state index in [-0.39, 0.29) is 16.6 Å². The summed E-state index contributed by atoms with van der Waals surface area (Å²) in [5, 5.41) is 8.92. The molecule has 0 bridgehead atoms. The summed E-state index contributed by atoms with van der Waals surface area (Å²) in [5.74, 6) is 0. The van der Waals surface area contributed by atoms with Crippen LogP contribution < -0.4 is 10.9 Å². The molecule has 2 heterocycles. The third kappa shape index (κ3) is 3.71. The molecule has 0 aliphatic heterocycles. The molecule has 3 aromatic rings. The van der Waals surface area contributed by atoms with Crippen molar-refractivity contribution in [1.29, 1.82) is 0 Å². The third-order valence-corrected chi connectivity index (χ3v) is 5.52. The Balaban J connectivity index is 1.87. The Labute approximate surface area is 159 Å². The highest BCUT2D eigenvalue weighted by atomic mass is 35.5. The van der Waals surface area contributed by atoms with Gasteiger partial charge in [0.2, 0.25) is 0 Å². The minimum Gasteiger partial charge on any atom is -0.373 e. The quantitative estimate of drug-likeness (QED) is 0.696. The van der Waals surface area contributed by atoms with Crippen LogP contribution in [0.5, 0.6) is 0 Å². The van der Waals surface area contributed by atoms with E-state index >= 15 is 0 Å². The van der Waals surface area contributed by atoms with E-state index in [1.807, 2.05) is 38.1 Å². The van der Waals surface area contributed by atoms with E-state index in [2.05, 4.69) is 10.4 Å². The molecular formula is C17H16Cl2N4OS. The number of nitrogens with zero attached hydrogens (tertiary/aromatic N) is 3. The Hall–Kier alpha value is -1.89. The van der Waals surface area contributed by atoms with Crippen LogP contribution in [0.1, 0.15) is 22.9 Å². The number of halogens is 2. The second-order valence-electron chi connectivity index (χ2n) is 5.63. The maximum absolute atomic E-state index is 11.9. The van der Waals surface area contributed by atoms with Gasteiger partial charge in [-0.1, -0.05) is 35.3 Å². The van der Waals surface area contributed by atoms with Crippen molar-refractivity contribution in [3.05, 3.63) is 60.7 Å². The molecule has 0 saturated heterocycles. The molecule has 130 valence electrons. The summed E-state index contributed by atoms with van der Waals surface area (Å²) in [6.07, 6.45) is 1.54. The zero-order valence-corrected chi connectivity index (χ0v) is 16.2. The molecule has 0 fully saturated rings. The van der Waals surface area contributed by atoms with E-state index in [9.17, 15) is 4.79 Å². The highest BCUT2D eigenvalue weighted by Crippen LogP contribution is 2.32. The molecule has 0 spiro atoms. The lowest BCUT2D eigenvalue weighted by Gasteiger charge is -2.13. The van der Waals surface area contributed by atoms with Gasteiger partial charge in [-0.15, -0.1) is 11.3 Å². The zero-order chi connectivity index (χ0) is 18.1. The van der Waals surface area contributed by atoms with Gasteiger partial charge in [-0.05, 0) is 26.0 Å². The fourth-order valence-electron chi connectivity index (χ4n) is 2.38. The summed E-state index contributed by atoms with van der Waals surface area (Å²) in [4.78, 5) is 17.7. The Morgan fingerprint density at radius 2 is 1.92 bits per heavy atom. The molecule has 8 heteroatoms. The van der Waals surface area contributed by atoms with Crippen LogP contribution in [0.3, 0.4) is 0 Å². The molecular weight excluding hydrogens is 379 g/mol. The largest absolute Gasteiger partial charge is 0.373 e. The standard InChI is InChI=1S/C17H16Cl2N4OS/c1-9(21-13-8-20-23(3)17(24)14(13)19)16-22-15(10(2)25-16)11-4-6-12(18)7-5-11/h4-9,21H,1-3H3. The second-order valence-corrected chi connectivity index (χ2v) is 7.68. The van der Waals surface area contributed by atoms with Crippen molar-refractivity contribution in [2.75, 3.05) is 5.32 Å². The summed E-state index contributed by atoms with van der Waals surface area (Å²) < 4.78 is 1.20. The number of rotatable bonds is 4. The fourth-order valence-corrected chi connectivity index (χ4v) is 3.68. The minimum absolute atomic E-state index is 0.115. The molecule has 1 unspecified atom stereocenters. The topological polar surface area (TPSA) is 59.8 Å². The van der Waals surface area contributed by atoms with E-state index in [0.717, 1.165) is 21.1 Å². The van der Waals surface area contributed by atoms with Crippen LogP contribution in [0, 0.1) is 6.92 Å². The number of anilines is 1. The summed E-state index contributed by atoms with van der Waals surface area (Å²) in [7, 11) is 1.56. The molecule has 5 nitrogen and oxygen atoms in total. The summed E-state index contributed by atoms with van der Waals surface area (Å²) in [6, 6.07) is 7.49. The lowest BCUT2D eigenvalue weighted by molar-refractivity contribution is 0.706. The van der Waals surface area contributed by atoms with Crippen molar-refractivity contribution >= 4 is 40.2 Å². The monoisotopic (exact) mass is 394 g/mol. The molecule has 3 rings (SSSR count). The van der Waals surface area contributed by atoms with Crippen LogP contribution in [0.15, 0.2) is 35.3 Å². The fraction of sp³-hybridized carbons (Fsp3) is 0.235. The van der Waals surface area contributed by atoms with Gasteiger partial charge in [0, 0.05) is 22.5 Å². The van der Waals surface area contributed by atoms with Crippen LogP contribution in [0.2, 0.25) is 10.0 Å². The normalized spacial score (nSPS) is 12.2. The zero-order valence-electron chi connectivity index (χ0n) is 13.9. The Bertz CT molecular complexity index is 966. The summed E-state index contributed by atoms with van der Waals surface area (Å²) >= 11 is 13.7. The smallest absolute Gasteiger partial charge is 0.287 e. The Morgan fingerprint density at radius 3 is 2.60 bits per heavy atom. The maximum Gasteiger partial charge on any atom is 0.287 e. The van der Waals surface area contributed by atoms with Gasteiger partial charge in [0.25, 0.3) is 5.56 Å². The third-order valence-electron chi connectivity index (χ3n) is 3.75. The predicted octanol–water partition coefficient (Wildman–Crippen LogP) is 4.69. The van der Waals surface area contributed by atoms with Crippen molar-refractivity contribution in [2.45, 2.75) is 19.9 Å². The molecule has 0 saturated carbocycles. The van der Waals surface area contributed by atoms with Gasteiger partial charge in [-0.25, -0.2) is 9.67 Å². The van der Waals surface area contributed by atoms with Crippen molar-refractivity contribution in [3.63, 3.8) is 0 Å². The number of hydrogen-bond acceptors (Lipinski definition) is 5. The maximum atomic E-state index is 11.9. The Morgan fingerprint density at radius 1 is 1.24 bits per heavy atom. The molecule has 1 N–H and O–H groups in total. The molecule has 0 aliphatic rings. The van der Waals surface area contributed by atoms with Crippen molar-refractivity contribution < 1.29 is 0 Å². The average molecular weight is 395 g/mol. The number of nitrogens with one attached hydrogen (secondary N) is 1. The molecule has 1 aromatic carbocycles. The SMILES string of the molecule is Cc1sc(C(C)Nc2cnn(C)c(=O)c2Cl)nc1-c1ccc(Cl)cc1. The summed E-state index contributed by atoms with van der Waals surface area (Å²) in [5.41, 5.74) is 2.11. The first-order valence-electron chi connectivity index (χ1n) is 7.58. The second kappa shape index (κ2) is 7.15. The first-order valence-corrected chi connectivity index (χ1v) is 9.15. The van der Waals surface area contributed by atoms with Crippen LogP contribution in [0.25, 0.3) is 11.3 Å². The lowest BCUT2D eigenvalue weighted by Crippen LogP contribution is -2.21. The first-order chi connectivity index (χ1) is 11.9. The van der Waals surface area contributed by atoms with Gasteiger partial charge in [0.1, 0.15) is 10.0 Å². The number of thiazole rings is 1. The van der Waals surface area contributed by atoms with Gasteiger partial charge in [0.15, 0.2) is 0 Å². The van der Waals surface area contributed by atoms with E-state index < -0.39 is 0 Å².